The van der Waals surface area contributed by atoms with Gasteiger partial charge in [0.15, 0.2) is 0 Å². The number of methoxy groups -OCH3 is 1. The van der Waals surface area contributed by atoms with Gasteiger partial charge in [0.25, 0.3) is 5.91 Å². The van der Waals surface area contributed by atoms with E-state index in [-0.39, 0.29) is 18.2 Å². The first-order valence-electron chi connectivity index (χ1n) is 5.32. The van der Waals surface area contributed by atoms with Gasteiger partial charge in [-0.2, -0.15) is 0 Å². The first kappa shape index (κ1) is 14.5. The summed E-state index contributed by atoms with van der Waals surface area (Å²) in [5.74, 6) is 0.0878. The van der Waals surface area contributed by atoms with Gasteiger partial charge in [-0.05, 0) is 25.2 Å². The second-order valence-electron chi connectivity index (χ2n) is 3.51. The molecule has 0 aliphatic heterocycles. The van der Waals surface area contributed by atoms with E-state index in [0.29, 0.717) is 11.3 Å². The maximum Gasteiger partial charge on any atom is 0.251 e. The molecule has 1 amide bonds. The molecule has 0 unspecified atom stereocenters. The van der Waals surface area contributed by atoms with Gasteiger partial charge in [-0.15, -0.1) is 0 Å². The second-order valence-corrected chi connectivity index (χ2v) is 5.56. The Morgan fingerprint density at radius 3 is 2.72 bits per heavy atom. The Kier molecular flexibility index (Phi) is 5.11. The highest BCUT2D eigenvalue weighted by Crippen LogP contribution is 2.12. The predicted molar refractivity (Wildman–Crippen MR) is 68.2 cm³/mol. The molecule has 0 saturated carbocycles. The van der Waals surface area contributed by atoms with Crippen molar-refractivity contribution in [2.24, 2.45) is 0 Å². The highest BCUT2D eigenvalue weighted by Gasteiger charge is 2.09. The third kappa shape index (κ3) is 4.34. The number of carbonyl (C=O) groups is 1. The molecule has 2 N–H and O–H groups in total. The van der Waals surface area contributed by atoms with E-state index in [1.54, 1.807) is 24.3 Å². The van der Waals surface area contributed by atoms with Crippen molar-refractivity contribution >= 4 is 15.9 Å². The van der Waals surface area contributed by atoms with E-state index in [4.69, 9.17) is 4.74 Å². The zero-order valence-corrected chi connectivity index (χ0v) is 11.1. The molecule has 1 aromatic rings. The van der Waals surface area contributed by atoms with E-state index >= 15 is 0 Å². The van der Waals surface area contributed by atoms with Crippen LogP contribution in [0.3, 0.4) is 0 Å². The van der Waals surface area contributed by atoms with Crippen LogP contribution in [0, 0.1) is 0 Å². The molecule has 0 fully saturated rings. The lowest BCUT2D eigenvalue weighted by Crippen LogP contribution is -2.32. The van der Waals surface area contributed by atoms with Crippen LogP contribution in [0.15, 0.2) is 24.3 Å². The van der Waals surface area contributed by atoms with Crippen LogP contribution in [0.25, 0.3) is 0 Å². The minimum absolute atomic E-state index is 0.0548. The van der Waals surface area contributed by atoms with Crippen molar-refractivity contribution in [1.29, 1.82) is 0 Å². The molecule has 1 aromatic carbocycles. The lowest BCUT2D eigenvalue weighted by molar-refractivity contribution is 0.0956. The van der Waals surface area contributed by atoms with Gasteiger partial charge in [0.1, 0.15) is 5.75 Å². The van der Waals surface area contributed by atoms with E-state index in [9.17, 15) is 13.2 Å². The van der Waals surface area contributed by atoms with Crippen molar-refractivity contribution in [1.82, 2.24) is 10.0 Å². The van der Waals surface area contributed by atoms with Crippen molar-refractivity contribution in [3.63, 3.8) is 0 Å². The Balaban J connectivity index is 2.55. The van der Waals surface area contributed by atoms with Crippen LogP contribution in [0.2, 0.25) is 0 Å². The fourth-order valence-corrected chi connectivity index (χ4v) is 1.84. The summed E-state index contributed by atoms with van der Waals surface area (Å²) in [5, 5.41) is 2.53. The van der Waals surface area contributed by atoms with Gasteiger partial charge in [-0.1, -0.05) is 6.07 Å². The molecule has 0 bridgehead atoms. The average Bonchev–Trinajstić information content (AvgIpc) is 2.38. The summed E-state index contributed by atoms with van der Waals surface area (Å²) in [5.41, 5.74) is 0.427. The van der Waals surface area contributed by atoms with Gasteiger partial charge in [0, 0.05) is 12.1 Å². The Morgan fingerprint density at radius 2 is 2.11 bits per heavy atom. The average molecular weight is 272 g/mol. The lowest BCUT2D eigenvalue weighted by atomic mass is 10.2. The Bertz CT molecular complexity index is 514. The fourth-order valence-electron chi connectivity index (χ4n) is 1.27. The number of sulfonamides is 1. The number of ether oxygens (including phenoxy) is 1. The van der Waals surface area contributed by atoms with E-state index in [2.05, 4.69) is 10.0 Å². The maximum absolute atomic E-state index is 11.7. The van der Waals surface area contributed by atoms with Gasteiger partial charge in [0.05, 0.1) is 12.9 Å². The highest BCUT2D eigenvalue weighted by molar-refractivity contribution is 7.89. The molecule has 0 aliphatic rings. The summed E-state index contributed by atoms with van der Waals surface area (Å²) >= 11 is 0. The number of hydrogen-bond acceptors (Lipinski definition) is 4. The Labute approximate surface area is 106 Å². The summed E-state index contributed by atoms with van der Waals surface area (Å²) in [6.45, 7) is 0.0548. The van der Waals surface area contributed by atoms with Crippen LogP contribution in [0.5, 0.6) is 5.75 Å². The lowest BCUT2D eigenvalue weighted by Gasteiger charge is -2.06. The molecular formula is C11H16N2O4S. The van der Waals surface area contributed by atoms with E-state index in [1.807, 2.05) is 0 Å². The highest BCUT2D eigenvalue weighted by atomic mass is 32.2. The standard InChI is InChI=1S/C11H16N2O4S/c1-12-18(15,16)7-6-13-11(14)9-4-3-5-10(8-9)17-2/h3-5,8,12H,6-7H2,1-2H3,(H,13,14). The number of hydrogen-bond donors (Lipinski definition) is 2. The van der Waals surface area contributed by atoms with Gasteiger partial charge >= 0.3 is 0 Å². The molecule has 0 spiro atoms. The molecule has 18 heavy (non-hydrogen) atoms. The summed E-state index contributed by atoms with van der Waals surface area (Å²) in [4.78, 5) is 11.7. The monoisotopic (exact) mass is 272 g/mol. The quantitative estimate of drug-likeness (QED) is 0.762. The van der Waals surface area contributed by atoms with Crippen molar-refractivity contribution in [3.05, 3.63) is 29.8 Å². The van der Waals surface area contributed by atoms with Crippen molar-refractivity contribution in [2.75, 3.05) is 26.5 Å². The van der Waals surface area contributed by atoms with Crippen LogP contribution in [-0.2, 0) is 10.0 Å². The smallest absolute Gasteiger partial charge is 0.251 e. The summed E-state index contributed by atoms with van der Waals surface area (Å²) in [7, 11) is -0.457. The van der Waals surface area contributed by atoms with Gasteiger partial charge in [-0.3, -0.25) is 4.79 Å². The predicted octanol–water partition coefficient (Wildman–Crippen LogP) is -0.0258. The minimum atomic E-state index is -3.30. The Hall–Kier alpha value is -1.60. The topological polar surface area (TPSA) is 84.5 Å². The van der Waals surface area contributed by atoms with Crippen molar-refractivity contribution in [2.45, 2.75) is 0 Å². The number of carbonyl (C=O) groups excluding carboxylic acids is 1. The van der Waals surface area contributed by atoms with Crippen molar-refractivity contribution < 1.29 is 17.9 Å². The zero-order valence-electron chi connectivity index (χ0n) is 10.3. The largest absolute Gasteiger partial charge is 0.497 e. The fraction of sp³-hybridized carbons (Fsp3) is 0.364. The molecule has 6 nitrogen and oxygen atoms in total. The third-order valence-electron chi connectivity index (χ3n) is 2.30. The molecule has 0 saturated heterocycles. The van der Waals surface area contributed by atoms with Gasteiger partial charge in [-0.25, -0.2) is 13.1 Å². The van der Waals surface area contributed by atoms with E-state index < -0.39 is 10.0 Å². The maximum atomic E-state index is 11.7. The third-order valence-corrected chi connectivity index (χ3v) is 3.66. The van der Waals surface area contributed by atoms with Crippen LogP contribution < -0.4 is 14.8 Å². The number of benzene rings is 1. The molecule has 0 radical (unpaired) electrons. The first-order valence-corrected chi connectivity index (χ1v) is 6.97. The molecule has 7 heteroatoms. The van der Waals surface area contributed by atoms with Gasteiger partial charge < -0.3 is 10.1 Å². The number of rotatable bonds is 6. The number of nitrogens with one attached hydrogen (secondary N) is 2. The minimum Gasteiger partial charge on any atom is -0.497 e. The molecule has 100 valence electrons. The molecule has 0 heterocycles. The van der Waals surface area contributed by atoms with Crippen LogP contribution in [0.1, 0.15) is 10.4 Å². The zero-order chi connectivity index (χ0) is 13.6. The summed E-state index contributed by atoms with van der Waals surface area (Å²) in [6.07, 6.45) is 0. The van der Waals surface area contributed by atoms with Crippen LogP contribution in [0.4, 0.5) is 0 Å². The van der Waals surface area contributed by atoms with Crippen LogP contribution in [-0.4, -0.2) is 40.8 Å². The van der Waals surface area contributed by atoms with E-state index in [1.165, 1.54) is 14.2 Å². The Morgan fingerprint density at radius 1 is 1.39 bits per heavy atom. The molecule has 0 atom stereocenters. The normalized spacial score (nSPS) is 11.0. The van der Waals surface area contributed by atoms with Crippen LogP contribution >= 0.6 is 0 Å². The first-order chi connectivity index (χ1) is 8.48. The molecule has 1 rings (SSSR count). The van der Waals surface area contributed by atoms with E-state index in [0.717, 1.165) is 0 Å². The SMILES string of the molecule is CNS(=O)(=O)CCNC(=O)c1cccc(OC)c1. The van der Waals surface area contributed by atoms with Crippen molar-refractivity contribution in [3.8, 4) is 5.75 Å². The second kappa shape index (κ2) is 6.36. The molecule has 0 aliphatic carbocycles. The molecule has 0 aromatic heterocycles. The summed E-state index contributed by atoms with van der Waals surface area (Å²) < 4.78 is 29.4. The van der Waals surface area contributed by atoms with Gasteiger partial charge in [0.2, 0.25) is 10.0 Å². The number of amides is 1. The summed E-state index contributed by atoms with van der Waals surface area (Å²) in [6, 6.07) is 6.63. The molecular weight excluding hydrogens is 256 g/mol.